The van der Waals surface area contributed by atoms with E-state index in [0.717, 1.165) is 31.7 Å². The molecule has 1 aliphatic rings. The molecule has 0 saturated carbocycles. The minimum atomic E-state index is 0.111. The molecule has 1 aliphatic heterocycles. The van der Waals surface area contributed by atoms with Crippen LogP contribution >= 0.6 is 11.7 Å². The molecule has 0 bridgehead atoms. The molecule has 1 aromatic heterocycles. The number of nitrogens with zero attached hydrogens (tertiary/aromatic N) is 3. The number of aromatic nitrogens is 2. The van der Waals surface area contributed by atoms with Crippen LogP contribution in [-0.4, -0.2) is 45.1 Å². The van der Waals surface area contributed by atoms with Gasteiger partial charge in [0, 0.05) is 32.7 Å². The van der Waals surface area contributed by atoms with E-state index in [1.165, 1.54) is 55.2 Å². The van der Waals surface area contributed by atoms with Crippen LogP contribution in [0.3, 0.4) is 0 Å². The number of ether oxygens (including phenoxy) is 1. The number of fused-ring (bicyclic) bond motifs is 5. The Morgan fingerprint density at radius 3 is 2.60 bits per heavy atom. The SMILES string of the molecule is OCCCOc1nsnc1C1=CCCN(Cc2cccc3c2ccc2c4ccccc4ccc32)C1. The van der Waals surface area contributed by atoms with Gasteiger partial charge in [-0.2, -0.15) is 4.37 Å². The van der Waals surface area contributed by atoms with Crippen LogP contribution in [0.1, 0.15) is 24.1 Å². The molecular formula is C29H27N3O2S. The Hall–Kier alpha value is -3.32. The molecule has 176 valence electrons. The third kappa shape index (κ3) is 4.29. The maximum Gasteiger partial charge on any atom is 0.253 e. The minimum Gasteiger partial charge on any atom is -0.475 e. The number of benzene rings is 4. The second-order valence-corrected chi connectivity index (χ2v) is 9.56. The molecule has 1 N–H and O–H groups in total. The summed E-state index contributed by atoms with van der Waals surface area (Å²) in [6.07, 6.45) is 3.82. The predicted octanol–water partition coefficient (Wildman–Crippen LogP) is 6.05. The molecule has 4 aromatic carbocycles. The normalized spacial score (nSPS) is 14.6. The summed E-state index contributed by atoms with van der Waals surface area (Å²) in [5.41, 5.74) is 3.35. The Morgan fingerprint density at radius 2 is 1.66 bits per heavy atom. The number of hydrogen-bond acceptors (Lipinski definition) is 6. The van der Waals surface area contributed by atoms with Crippen molar-refractivity contribution in [2.75, 3.05) is 26.3 Å². The van der Waals surface area contributed by atoms with E-state index >= 15 is 0 Å². The third-order valence-electron chi connectivity index (χ3n) is 6.80. The van der Waals surface area contributed by atoms with Crippen molar-refractivity contribution >= 4 is 49.6 Å². The summed E-state index contributed by atoms with van der Waals surface area (Å²) in [5, 5.41) is 16.9. The second-order valence-electron chi connectivity index (χ2n) is 9.03. The standard InChI is InChI=1S/C29H27N3O2S/c33-16-5-17-34-29-28(30-35-31-29)22-8-4-15-32(19-22)18-21-7-3-10-25-24(21)13-14-26-23-9-2-1-6-20(23)11-12-27(25)26/h1-3,6-14,33H,4-5,15-19H2. The Kier molecular flexibility index (Phi) is 6.17. The van der Waals surface area contributed by atoms with Gasteiger partial charge in [0.05, 0.1) is 18.3 Å². The van der Waals surface area contributed by atoms with Gasteiger partial charge >= 0.3 is 0 Å². The van der Waals surface area contributed by atoms with Gasteiger partial charge in [-0.15, -0.1) is 4.37 Å². The van der Waals surface area contributed by atoms with Gasteiger partial charge in [-0.3, -0.25) is 4.90 Å². The lowest BCUT2D eigenvalue weighted by atomic mass is 9.94. The van der Waals surface area contributed by atoms with Crippen LogP contribution < -0.4 is 4.74 Å². The van der Waals surface area contributed by atoms with Gasteiger partial charge in [-0.05, 0) is 49.9 Å². The lowest BCUT2D eigenvalue weighted by Gasteiger charge is -2.27. The summed E-state index contributed by atoms with van der Waals surface area (Å²) in [6, 6.07) is 24.3. The zero-order valence-electron chi connectivity index (χ0n) is 19.5. The number of aliphatic hydroxyl groups excluding tert-OH is 1. The molecule has 35 heavy (non-hydrogen) atoms. The molecule has 0 radical (unpaired) electrons. The first kappa shape index (κ1) is 22.2. The smallest absolute Gasteiger partial charge is 0.253 e. The zero-order valence-corrected chi connectivity index (χ0v) is 20.3. The first-order valence-electron chi connectivity index (χ1n) is 12.1. The van der Waals surface area contributed by atoms with Gasteiger partial charge in [0.1, 0.15) is 5.69 Å². The molecule has 0 amide bonds. The Bertz CT molecular complexity index is 1540. The summed E-state index contributed by atoms with van der Waals surface area (Å²) < 4.78 is 14.6. The monoisotopic (exact) mass is 481 g/mol. The number of aliphatic hydroxyl groups is 1. The van der Waals surface area contributed by atoms with Gasteiger partial charge < -0.3 is 9.84 Å². The van der Waals surface area contributed by atoms with Crippen LogP contribution in [0.25, 0.3) is 37.9 Å². The van der Waals surface area contributed by atoms with Crippen LogP contribution in [0.2, 0.25) is 0 Å². The summed E-state index contributed by atoms with van der Waals surface area (Å²) in [6.45, 7) is 3.27. The highest BCUT2D eigenvalue weighted by molar-refractivity contribution is 6.99. The summed E-state index contributed by atoms with van der Waals surface area (Å²) >= 11 is 1.18. The van der Waals surface area contributed by atoms with Crippen molar-refractivity contribution in [3.8, 4) is 5.88 Å². The fourth-order valence-electron chi connectivity index (χ4n) is 5.12. The fourth-order valence-corrected chi connectivity index (χ4v) is 5.65. The van der Waals surface area contributed by atoms with Crippen LogP contribution in [0.15, 0.2) is 72.8 Å². The molecule has 5 aromatic rings. The topological polar surface area (TPSA) is 58.5 Å². The Labute approximate surface area is 208 Å². The lowest BCUT2D eigenvalue weighted by Crippen LogP contribution is -2.29. The van der Waals surface area contributed by atoms with Gasteiger partial charge in [-0.1, -0.05) is 72.8 Å². The van der Waals surface area contributed by atoms with Gasteiger partial charge in [0.25, 0.3) is 5.88 Å². The maximum atomic E-state index is 9.04. The van der Waals surface area contributed by atoms with E-state index in [1.807, 2.05) is 0 Å². The molecular weight excluding hydrogens is 454 g/mol. The molecule has 6 heteroatoms. The van der Waals surface area contributed by atoms with E-state index in [9.17, 15) is 0 Å². The van der Waals surface area contributed by atoms with E-state index in [-0.39, 0.29) is 6.61 Å². The van der Waals surface area contributed by atoms with Crippen molar-refractivity contribution in [3.63, 3.8) is 0 Å². The van der Waals surface area contributed by atoms with Gasteiger partial charge in [-0.25, -0.2) is 0 Å². The van der Waals surface area contributed by atoms with Crippen LogP contribution in [0.5, 0.6) is 5.88 Å². The number of rotatable bonds is 7. The van der Waals surface area contributed by atoms with Crippen molar-refractivity contribution in [1.82, 2.24) is 13.6 Å². The zero-order chi connectivity index (χ0) is 23.6. The second kappa shape index (κ2) is 9.74. The summed E-state index contributed by atoms with van der Waals surface area (Å²) in [4.78, 5) is 2.48. The van der Waals surface area contributed by atoms with E-state index in [4.69, 9.17) is 9.84 Å². The van der Waals surface area contributed by atoms with Crippen LogP contribution in [-0.2, 0) is 6.54 Å². The average Bonchev–Trinajstić information content (AvgIpc) is 3.37. The van der Waals surface area contributed by atoms with Crippen molar-refractivity contribution in [2.24, 2.45) is 0 Å². The van der Waals surface area contributed by atoms with Crippen LogP contribution in [0, 0.1) is 0 Å². The molecule has 6 rings (SSSR count). The van der Waals surface area contributed by atoms with E-state index in [2.05, 4.69) is 86.5 Å². The number of hydrogen-bond donors (Lipinski definition) is 1. The molecule has 0 aliphatic carbocycles. The summed E-state index contributed by atoms with van der Waals surface area (Å²) in [5.74, 6) is 0.584. The molecule has 2 heterocycles. The Balaban J connectivity index is 1.28. The van der Waals surface area contributed by atoms with Crippen molar-refractivity contribution in [3.05, 3.63) is 84.1 Å². The first-order valence-corrected chi connectivity index (χ1v) is 12.8. The average molecular weight is 482 g/mol. The largest absolute Gasteiger partial charge is 0.475 e. The highest BCUT2D eigenvalue weighted by Crippen LogP contribution is 2.34. The van der Waals surface area contributed by atoms with E-state index in [0.29, 0.717) is 18.9 Å². The third-order valence-corrected chi connectivity index (χ3v) is 7.31. The van der Waals surface area contributed by atoms with Gasteiger partial charge in [0.2, 0.25) is 0 Å². The van der Waals surface area contributed by atoms with E-state index < -0.39 is 0 Å². The Morgan fingerprint density at radius 1 is 0.857 bits per heavy atom. The maximum absolute atomic E-state index is 9.04. The molecule has 0 saturated heterocycles. The van der Waals surface area contributed by atoms with E-state index in [1.54, 1.807) is 0 Å². The fraction of sp³-hybridized carbons (Fsp3) is 0.241. The molecule has 0 spiro atoms. The predicted molar refractivity (Wildman–Crippen MR) is 144 cm³/mol. The summed E-state index contributed by atoms with van der Waals surface area (Å²) in [7, 11) is 0. The first-order chi connectivity index (χ1) is 17.3. The van der Waals surface area contributed by atoms with Gasteiger partial charge in [0.15, 0.2) is 0 Å². The van der Waals surface area contributed by atoms with Crippen molar-refractivity contribution < 1.29 is 9.84 Å². The minimum absolute atomic E-state index is 0.111. The van der Waals surface area contributed by atoms with Crippen LogP contribution in [0.4, 0.5) is 0 Å². The molecule has 5 nitrogen and oxygen atoms in total. The quantitative estimate of drug-likeness (QED) is 0.227. The molecule has 0 fully saturated rings. The van der Waals surface area contributed by atoms with Crippen molar-refractivity contribution in [1.29, 1.82) is 0 Å². The molecule has 0 unspecified atom stereocenters. The highest BCUT2D eigenvalue weighted by atomic mass is 32.1. The van der Waals surface area contributed by atoms with Crippen molar-refractivity contribution in [2.45, 2.75) is 19.4 Å². The molecule has 0 atom stereocenters. The highest BCUT2D eigenvalue weighted by Gasteiger charge is 2.21. The lowest BCUT2D eigenvalue weighted by molar-refractivity contribution is 0.229.